The summed E-state index contributed by atoms with van der Waals surface area (Å²) in [5, 5.41) is 8.26. The van der Waals surface area contributed by atoms with Gasteiger partial charge in [0.25, 0.3) is 0 Å². The van der Waals surface area contributed by atoms with E-state index in [1.165, 1.54) is 43.2 Å². The first-order valence-corrected chi connectivity index (χ1v) is 9.07. The van der Waals surface area contributed by atoms with Crippen molar-refractivity contribution < 1.29 is 0 Å². The molecule has 1 unspecified atom stereocenters. The lowest BCUT2D eigenvalue weighted by atomic mass is 9.74. The summed E-state index contributed by atoms with van der Waals surface area (Å²) in [6.45, 7) is 3.46. The molecule has 1 atom stereocenters. The number of nitrogens with one attached hydrogen (secondary N) is 1. The lowest BCUT2D eigenvalue weighted by Crippen LogP contribution is -2.39. The van der Waals surface area contributed by atoms with Crippen LogP contribution in [0, 0.1) is 0 Å². The summed E-state index contributed by atoms with van der Waals surface area (Å²) in [6, 6.07) is 14.2. The minimum absolute atomic E-state index is 0.270. The Morgan fingerprint density at radius 1 is 1.19 bits per heavy atom. The van der Waals surface area contributed by atoms with Crippen LogP contribution in [0.5, 0.6) is 0 Å². The molecule has 1 fully saturated rings. The molecule has 0 amide bonds. The first-order valence-electron chi connectivity index (χ1n) is 8.12. The molecule has 112 valence electrons. The first-order chi connectivity index (χ1) is 10.3. The third-order valence-electron chi connectivity index (χ3n) is 4.84. The molecule has 0 radical (unpaired) electrons. The third-order valence-corrected chi connectivity index (χ3v) is 5.57. The van der Waals surface area contributed by atoms with Crippen LogP contribution >= 0.6 is 11.3 Å². The van der Waals surface area contributed by atoms with Crippen LogP contribution in [-0.2, 0) is 11.8 Å². The summed E-state index contributed by atoms with van der Waals surface area (Å²) < 4.78 is 0. The molecule has 1 aromatic heterocycles. The monoisotopic (exact) mass is 299 g/mol. The lowest BCUT2D eigenvalue weighted by molar-refractivity contribution is 0.353. The highest BCUT2D eigenvalue weighted by Crippen LogP contribution is 2.34. The predicted octanol–water partition coefficient (Wildman–Crippen LogP) is 4.78. The highest BCUT2D eigenvalue weighted by molar-refractivity contribution is 7.07. The third kappa shape index (κ3) is 3.75. The smallest absolute Gasteiger partial charge is 0.00784 e. The van der Waals surface area contributed by atoms with Gasteiger partial charge in [-0.25, -0.2) is 0 Å². The van der Waals surface area contributed by atoms with Crippen molar-refractivity contribution in [3.05, 3.63) is 58.3 Å². The van der Waals surface area contributed by atoms with Crippen LogP contribution in [0.4, 0.5) is 0 Å². The normalized spacial score (nSPS) is 17.6. The summed E-state index contributed by atoms with van der Waals surface area (Å²) in [5.41, 5.74) is 3.25. The SMILES string of the molecule is CCC(CCc1ccsc1)(CNC1CC1)c1ccccc1. The Labute approximate surface area is 132 Å². The Morgan fingerprint density at radius 3 is 2.62 bits per heavy atom. The van der Waals surface area contributed by atoms with Gasteiger partial charge in [-0.05, 0) is 60.1 Å². The number of aryl methyl sites for hydroxylation is 1. The Morgan fingerprint density at radius 2 is 2.00 bits per heavy atom. The van der Waals surface area contributed by atoms with E-state index in [-0.39, 0.29) is 5.41 Å². The van der Waals surface area contributed by atoms with Gasteiger partial charge in [0.05, 0.1) is 0 Å². The fourth-order valence-corrected chi connectivity index (χ4v) is 3.78. The minimum Gasteiger partial charge on any atom is -0.313 e. The van der Waals surface area contributed by atoms with Crippen LogP contribution in [0.1, 0.15) is 43.7 Å². The summed E-state index contributed by atoms with van der Waals surface area (Å²) >= 11 is 1.81. The second-order valence-electron chi connectivity index (χ2n) is 6.29. The summed E-state index contributed by atoms with van der Waals surface area (Å²) in [7, 11) is 0. The van der Waals surface area contributed by atoms with E-state index in [1.807, 2.05) is 0 Å². The van der Waals surface area contributed by atoms with Crippen LogP contribution in [0.3, 0.4) is 0 Å². The average molecular weight is 299 g/mol. The number of hydrogen-bond donors (Lipinski definition) is 1. The topological polar surface area (TPSA) is 12.0 Å². The predicted molar refractivity (Wildman–Crippen MR) is 92.1 cm³/mol. The summed E-state index contributed by atoms with van der Waals surface area (Å²) in [5.74, 6) is 0. The Hall–Kier alpha value is -1.12. The first kappa shape index (κ1) is 14.8. The largest absolute Gasteiger partial charge is 0.313 e. The van der Waals surface area contributed by atoms with Crippen molar-refractivity contribution in [3.63, 3.8) is 0 Å². The van der Waals surface area contributed by atoms with E-state index in [0.29, 0.717) is 0 Å². The molecule has 1 aliphatic carbocycles. The van der Waals surface area contributed by atoms with E-state index in [2.05, 4.69) is 59.4 Å². The van der Waals surface area contributed by atoms with Crippen molar-refractivity contribution in [2.75, 3.05) is 6.54 Å². The van der Waals surface area contributed by atoms with Crippen molar-refractivity contribution in [2.45, 2.75) is 50.5 Å². The van der Waals surface area contributed by atoms with E-state index in [0.717, 1.165) is 12.6 Å². The fraction of sp³-hybridized carbons (Fsp3) is 0.474. The van der Waals surface area contributed by atoms with Crippen LogP contribution in [0.15, 0.2) is 47.2 Å². The van der Waals surface area contributed by atoms with Crippen molar-refractivity contribution in [1.29, 1.82) is 0 Å². The molecule has 21 heavy (non-hydrogen) atoms. The van der Waals surface area contributed by atoms with E-state index >= 15 is 0 Å². The van der Waals surface area contributed by atoms with Crippen LogP contribution in [0.2, 0.25) is 0 Å². The zero-order chi connectivity index (χ0) is 14.5. The van der Waals surface area contributed by atoms with Gasteiger partial charge in [0.2, 0.25) is 0 Å². The standard InChI is InChI=1S/C19H25NS/c1-2-19(15-20-18-8-9-18,17-6-4-3-5-7-17)12-10-16-11-13-21-14-16/h3-7,11,13-14,18,20H,2,8-10,12,15H2,1H3. The van der Waals surface area contributed by atoms with Crippen LogP contribution in [0.25, 0.3) is 0 Å². The van der Waals surface area contributed by atoms with Gasteiger partial charge in [-0.3, -0.25) is 0 Å². The molecular weight excluding hydrogens is 274 g/mol. The van der Waals surface area contributed by atoms with E-state index in [1.54, 1.807) is 11.3 Å². The average Bonchev–Trinajstić information content (AvgIpc) is 3.22. The van der Waals surface area contributed by atoms with Gasteiger partial charge in [-0.15, -0.1) is 0 Å². The second kappa shape index (κ2) is 6.76. The van der Waals surface area contributed by atoms with Gasteiger partial charge in [-0.1, -0.05) is 37.3 Å². The molecule has 0 aliphatic heterocycles. The van der Waals surface area contributed by atoms with Crippen molar-refractivity contribution in [2.24, 2.45) is 0 Å². The van der Waals surface area contributed by atoms with Crippen molar-refractivity contribution >= 4 is 11.3 Å². The van der Waals surface area contributed by atoms with Crippen molar-refractivity contribution in [3.8, 4) is 0 Å². The molecule has 1 N–H and O–H groups in total. The Balaban J connectivity index is 1.77. The molecule has 1 aliphatic rings. The van der Waals surface area contributed by atoms with Crippen LogP contribution < -0.4 is 5.32 Å². The van der Waals surface area contributed by atoms with Gasteiger partial charge in [0.1, 0.15) is 0 Å². The molecule has 1 heterocycles. The second-order valence-corrected chi connectivity index (χ2v) is 7.07. The molecule has 2 aromatic rings. The van der Waals surface area contributed by atoms with Gasteiger partial charge in [0.15, 0.2) is 0 Å². The van der Waals surface area contributed by atoms with Crippen molar-refractivity contribution in [1.82, 2.24) is 5.32 Å². The minimum atomic E-state index is 0.270. The molecule has 0 saturated heterocycles. The molecule has 1 nitrogen and oxygen atoms in total. The highest BCUT2D eigenvalue weighted by Gasteiger charge is 2.32. The van der Waals surface area contributed by atoms with Crippen LogP contribution in [-0.4, -0.2) is 12.6 Å². The molecular formula is C19H25NS. The maximum atomic E-state index is 3.78. The van der Waals surface area contributed by atoms with E-state index in [9.17, 15) is 0 Å². The summed E-state index contributed by atoms with van der Waals surface area (Å²) in [4.78, 5) is 0. The molecule has 0 spiro atoms. The number of thiophene rings is 1. The number of benzene rings is 1. The molecule has 1 saturated carbocycles. The molecule has 2 heteroatoms. The Kier molecular flexibility index (Phi) is 4.77. The number of hydrogen-bond acceptors (Lipinski definition) is 2. The number of rotatable bonds is 8. The maximum Gasteiger partial charge on any atom is 0.00784 e. The van der Waals surface area contributed by atoms with Gasteiger partial charge >= 0.3 is 0 Å². The quantitative estimate of drug-likeness (QED) is 0.739. The molecule has 0 bridgehead atoms. The fourth-order valence-electron chi connectivity index (χ4n) is 3.08. The lowest BCUT2D eigenvalue weighted by Gasteiger charge is -2.34. The highest BCUT2D eigenvalue weighted by atomic mass is 32.1. The summed E-state index contributed by atoms with van der Waals surface area (Å²) in [6.07, 6.45) is 6.32. The van der Waals surface area contributed by atoms with Gasteiger partial charge in [-0.2, -0.15) is 11.3 Å². The van der Waals surface area contributed by atoms with Gasteiger partial charge in [0, 0.05) is 18.0 Å². The molecule has 1 aromatic carbocycles. The zero-order valence-electron chi connectivity index (χ0n) is 12.8. The maximum absolute atomic E-state index is 3.78. The zero-order valence-corrected chi connectivity index (χ0v) is 13.7. The van der Waals surface area contributed by atoms with Gasteiger partial charge < -0.3 is 5.32 Å². The van der Waals surface area contributed by atoms with E-state index in [4.69, 9.17) is 0 Å². The molecule has 3 rings (SSSR count). The van der Waals surface area contributed by atoms with E-state index < -0.39 is 0 Å². The Bertz CT molecular complexity index is 530.